The number of amides is 1. The van der Waals surface area contributed by atoms with Crippen LogP contribution in [0.15, 0.2) is 53.8 Å². The minimum absolute atomic E-state index is 0.00896. The van der Waals surface area contributed by atoms with E-state index in [2.05, 4.69) is 9.97 Å². The highest BCUT2D eigenvalue weighted by molar-refractivity contribution is 7.09. The number of carbonyl (C=O) groups is 2. The van der Waals surface area contributed by atoms with Gasteiger partial charge in [-0.15, -0.1) is 11.3 Å². The molecular formula is C20H15N3O5S. The largest absolute Gasteiger partial charge is 0.507 e. The number of likely N-dealkylation sites (tertiary alicyclic amines) is 1. The molecule has 4 heterocycles. The van der Waals surface area contributed by atoms with Gasteiger partial charge < -0.3 is 24.5 Å². The Bertz CT molecular complexity index is 1120. The van der Waals surface area contributed by atoms with Crippen molar-refractivity contribution in [1.29, 1.82) is 0 Å². The summed E-state index contributed by atoms with van der Waals surface area (Å²) < 4.78 is 10.6. The topological polar surface area (TPSA) is 105 Å². The summed E-state index contributed by atoms with van der Waals surface area (Å²) in [5, 5.41) is 12.9. The molecular weight excluding hydrogens is 394 g/mol. The zero-order valence-electron chi connectivity index (χ0n) is 15.0. The highest BCUT2D eigenvalue weighted by Crippen LogP contribution is 2.41. The second-order valence-electron chi connectivity index (χ2n) is 6.58. The number of thiophene rings is 1. The number of aliphatic hydroxyl groups excluding tert-OH is 1. The molecule has 2 aliphatic heterocycles. The van der Waals surface area contributed by atoms with Gasteiger partial charge in [0.15, 0.2) is 11.5 Å². The number of rotatable bonds is 4. The summed E-state index contributed by atoms with van der Waals surface area (Å²) in [6.07, 6.45) is 3.02. The normalized spacial score (nSPS) is 19.9. The second-order valence-corrected chi connectivity index (χ2v) is 7.61. The fourth-order valence-electron chi connectivity index (χ4n) is 3.55. The van der Waals surface area contributed by atoms with Gasteiger partial charge in [-0.3, -0.25) is 9.59 Å². The van der Waals surface area contributed by atoms with Crippen molar-refractivity contribution in [3.8, 4) is 11.5 Å². The van der Waals surface area contributed by atoms with Crippen LogP contribution in [-0.2, 0) is 16.1 Å². The summed E-state index contributed by atoms with van der Waals surface area (Å²) in [6, 6.07) is 7.88. The number of carbonyl (C=O) groups excluding carboxylic acids is 2. The number of nitrogens with zero attached hydrogens (tertiary/aromatic N) is 2. The van der Waals surface area contributed by atoms with E-state index in [0.29, 0.717) is 22.8 Å². The van der Waals surface area contributed by atoms with Crippen molar-refractivity contribution in [3.05, 3.63) is 69.9 Å². The van der Waals surface area contributed by atoms with E-state index in [-0.39, 0.29) is 24.7 Å². The fraction of sp³-hybridized carbons (Fsp3) is 0.150. The van der Waals surface area contributed by atoms with E-state index in [9.17, 15) is 14.7 Å². The van der Waals surface area contributed by atoms with Gasteiger partial charge in [-0.25, -0.2) is 4.98 Å². The maximum absolute atomic E-state index is 12.9. The average Bonchev–Trinajstić information content (AvgIpc) is 3.51. The van der Waals surface area contributed by atoms with Crippen LogP contribution >= 0.6 is 11.3 Å². The Balaban J connectivity index is 1.62. The molecule has 2 aliphatic rings. The first kappa shape index (κ1) is 17.5. The molecule has 0 saturated carbocycles. The molecule has 5 rings (SSSR count). The number of Topliss-reactive ketones (excluding diaryl/α,β-unsaturated/α-hetero) is 1. The molecule has 2 aromatic heterocycles. The molecule has 0 bridgehead atoms. The molecule has 1 atom stereocenters. The molecule has 146 valence electrons. The average molecular weight is 409 g/mol. The van der Waals surface area contributed by atoms with Crippen molar-refractivity contribution in [2.75, 3.05) is 6.79 Å². The van der Waals surface area contributed by atoms with E-state index >= 15 is 0 Å². The Labute approximate surface area is 169 Å². The first-order chi connectivity index (χ1) is 14.1. The molecule has 9 heteroatoms. The van der Waals surface area contributed by atoms with Crippen LogP contribution in [0.4, 0.5) is 0 Å². The first-order valence-electron chi connectivity index (χ1n) is 8.82. The third-order valence-corrected chi connectivity index (χ3v) is 5.77. The number of aromatic amines is 1. The van der Waals surface area contributed by atoms with Crippen molar-refractivity contribution in [3.63, 3.8) is 0 Å². The Hall–Kier alpha value is -3.59. The summed E-state index contributed by atoms with van der Waals surface area (Å²) in [5.41, 5.74) is 0.922. The number of H-pyrrole nitrogens is 1. The van der Waals surface area contributed by atoms with Gasteiger partial charge in [0.25, 0.3) is 11.7 Å². The Morgan fingerprint density at radius 3 is 2.90 bits per heavy atom. The lowest BCUT2D eigenvalue weighted by molar-refractivity contribution is -0.140. The summed E-state index contributed by atoms with van der Waals surface area (Å²) >= 11 is 1.49. The maximum Gasteiger partial charge on any atom is 0.296 e. The lowest BCUT2D eigenvalue weighted by atomic mass is 9.99. The SMILES string of the molecule is O=C1C(=O)N(Cc2cccs2)C(c2cnc[nH]2)/C1=C(\O)c1ccc2c(c1)OCO2. The highest BCUT2D eigenvalue weighted by atomic mass is 32.1. The van der Waals surface area contributed by atoms with Crippen LogP contribution < -0.4 is 9.47 Å². The molecule has 1 saturated heterocycles. The number of aromatic nitrogens is 2. The van der Waals surface area contributed by atoms with Crippen LogP contribution in [0.1, 0.15) is 22.2 Å². The van der Waals surface area contributed by atoms with E-state index in [1.54, 1.807) is 24.4 Å². The third kappa shape index (κ3) is 2.87. The van der Waals surface area contributed by atoms with Crippen LogP contribution in [0.5, 0.6) is 11.5 Å². The molecule has 1 aromatic carbocycles. The highest BCUT2D eigenvalue weighted by Gasteiger charge is 2.46. The molecule has 0 radical (unpaired) electrons. The van der Waals surface area contributed by atoms with Crippen molar-refractivity contribution >= 4 is 28.8 Å². The molecule has 1 amide bonds. The molecule has 0 spiro atoms. The molecule has 1 unspecified atom stereocenters. The lowest BCUT2D eigenvalue weighted by Gasteiger charge is -2.23. The minimum atomic E-state index is -0.773. The van der Waals surface area contributed by atoms with E-state index in [4.69, 9.17) is 9.47 Å². The Morgan fingerprint density at radius 1 is 1.28 bits per heavy atom. The van der Waals surface area contributed by atoms with Gasteiger partial charge >= 0.3 is 0 Å². The zero-order chi connectivity index (χ0) is 20.0. The molecule has 1 fully saturated rings. The number of ether oxygens (including phenoxy) is 2. The number of nitrogens with one attached hydrogen (secondary N) is 1. The third-order valence-electron chi connectivity index (χ3n) is 4.91. The monoisotopic (exact) mass is 409 g/mol. The Kier molecular flexibility index (Phi) is 4.09. The number of hydrogen-bond donors (Lipinski definition) is 2. The predicted octanol–water partition coefficient (Wildman–Crippen LogP) is 2.82. The number of hydrogen-bond acceptors (Lipinski definition) is 7. The number of imidazole rings is 1. The maximum atomic E-state index is 12.9. The van der Waals surface area contributed by atoms with Crippen LogP contribution in [0.25, 0.3) is 5.76 Å². The van der Waals surface area contributed by atoms with Crippen molar-refractivity contribution in [1.82, 2.24) is 14.9 Å². The second kappa shape index (κ2) is 6.78. The Morgan fingerprint density at radius 2 is 2.14 bits per heavy atom. The van der Waals surface area contributed by atoms with Crippen molar-refractivity contribution in [2.24, 2.45) is 0 Å². The van der Waals surface area contributed by atoms with Crippen LogP contribution in [0.3, 0.4) is 0 Å². The number of aliphatic hydroxyl groups is 1. The summed E-state index contributed by atoms with van der Waals surface area (Å²) in [4.78, 5) is 35.1. The fourth-order valence-corrected chi connectivity index (χ4v) is 4.26. The summed E-state index contributed by atoms with van der Waals surface area (Å²) in [5.74, 6) is -0.642. The van der Waals surface area contributed by atoms with E-state index < -0.39 is 17.7 Å². The summed E-state index contributed by atoms with van der Waals surface area (Å²) in [7, 11) is 0. The molecule has 0 aliphatic carbocycles. The quantitative estimate of drug-likeness (QED) is 0.390. The van der Waals surface area contributed by atoms with Gasteiger partial charge in [0.05, 0.1) is 30.3 Å². The standard InChI is InChI=1S/C20H15N3O5S/c24-18(11-3-4-14-15(6-11)28-10-27-14)16-17(13-7-21-9-22-13)23(20(26)19(16)25)8-12-2-1-5-29-12/h1-7,9,17,24H,8,10H2,(H,21,22)/b18-16+. The van der Waals surface area contributed by atoms with Gasteiger partial charge in [-0.2, -0.15) is 0 Å². The van der Waals surface area contributed by atoms with Gasteiger partial charge in [0.1, 0.15) is 11.8 Å². The summed E-state index contributed by atoms with van der Waals surface area (Å²) in [6.45, 7) is 0.350. The van der Waals surface area contributed by atoms with Gasteiger partial charge in [0.2, 0.25) is 6.79 Å². The smallest absolute Gasteiger partial charge is 0.296 e. The lowest BCUT2D eigenvalue weighted by Crippen LogP contribution is -2.29. The number of benzene rings is 1. The van der Waals surface area contributed by atoms with E-state index in [1.807, 2.05) is 17.5 Å². The van der Waals surface area contributed by atoms with Gasteiger partial charge in [-0.05, 0) is 29.6 Å². The van der Waals surface area contributed by atoms with Crippen LogP contribution in [-0.4, -0.2) is 38.5 Å². The molecule has 29 heavy (non-hydrogen) atoms. The van der Waals surface area contributed by atoms with E-state index in [0.717, 1.165) is 4.88 Å². The van der Waals surface area contributed by atoms with Gasteiger partial charge in [-0.1, -0.05) is 6.07 Å². The zero-order valence-corrected chi connectivity index (χ0v) is 15.8. The van der Waals surface area contributed by atoms with Crippen molar-refractivity contribution < 1.29 is 24.2 Å². The first-order valence-corrected chi connectivity index (χ1v) is 9.70. The van der Waals surface area contributed by atoms with Gasteiger partial charge in [0, 0.05) is 10.4 Å². The predicted molar refractivity (Wildman–Crippen MR) is 103 cm³/mol. The molecule has 3 aromatic rings. The van der Waals surface area contributed by atoms with Crippen molar-refractivity contribution in [2.45, 2.75) is 12.6 Å². The molecule has 8 nitrogen and oxygen atoms in total. The van der Waals surface area contributed by atoms with Crippen LogP contribution in [0, 0.1) is 0 Å². The van der Waals surface area contributed by atoms with E-state index in [1.165, 1.54) is 22.6 Å². The number of fused-ring (bicyclic) bond motifs is 1. The molecule has 2 N–H and O–H groups in total. The number of ketones is 1. The van der Waals surface area contributed by atoms with Crippen LogP contribution in [0.2, 0.25) is 0 Å². The minimum Gasteiger partial charge on any atom is -0.507 e.